The number of hydrogen-bond acceptors (Lipinski definition) is 4. The van der Waals surface area contributed by atoms with Crippen molar-refractivity contribution in [2.75, 3.05) is 5.01 Å². The molecular weight excluding hydrogens is 484 g/mol. The topological polar surface area (TPSA) is 70.7 Å². The van der Waals surface area contributed by atoms with Gasteiger partial charge < -0.3 is 5.11 Å². The summed E-state index contributed by atoms with van der Waals surface area (Å²) in [6, 6.07) is 34.7. The van der Waals surface area contributed by atoms with Crippen LogP contribution < -0.4 is 5.01 Å². The normalized spacial score (nSPS) is 14.2. The summed E-state index contributed by atoms with van der Waals surface area (Å²) in [4.78, 5) is 13.9. The number of hydrogen-bond donors (Lipinski definition) is 1. The van der Waals surface area contributed by atoms with Crippen LogP contribution in [0.5, 0.6) is 5.88 Å². The molecule has 0 atom stereocenters. The lowest BCUT2D eigenvalue weighted by Gasteiger charge is -2.12. The largest absolute Gasteiger partial charge is 0.493 e. The number of aromatic hydroxyl groups is 1. The highest BCUT2D eigenvalue weighted by Crippen LogP contribution is 2.36. The van der Waals surface area contributed by atoms with E-state index in [4.69, 9.17) is 10.2 Å². The monoisotopic (exact) mass is 510 g/mol. The van der Waals surface area contributed by atoms with Crippen molar-refractivity contribution in [1.29, 1.82) is 0 Å². The third-order valence-corrected chi connectivity index (χ3v) is 6.65. The van der Waals surface area contributed by atoms with E-state index in [0.29, 0.717) is 28.2 Å². The molecule has 5 aromatic rings. The Morgan fingerprint density at radius 3 is 1.95 bits per heavy atom. The Morgan fingerprint density at radius 1 is 0.718 bits per heavy atom. The van der Waals surface area contributed by atoms with Crippen molar-refractivity contribution in [3.63, 3.8) is 0 Å². The van der Waals surface area contributed by atoms with Gasteiger partial charge in [0.25, 0.3) is 5.91 Å². The number of carbonyl (C=O) groups is 1. The lowest BCUT2D eigenvalue weighted by atomic mass is 9.99. The summed E-state index contributed by atoms with van der Waals surface area (Å²) in [5.41, 5.74) is 7.02. The zero-order chi connectivity index (χ0) is 26.9. The molecule has 0 aliphatic carbocycles. The average molecular weight is 511 g/mol. The van der Waals surface area contributed by atoms with Crippen LogP contribution in [0.2, 0.25) is 0 Å². The molecule has 39 heavy (non-hydrogen) atoms. The summed E-state index contributed by atoms with van der Waals surface area (Å²) in [6.45, 7) is 3.97. The van der Waals surface area contributed by atoms with Gasteiger partial charge in [-0.1, -0.05) is 84.9 Å². The van der Waals surface area contributed by atoms with Crippen molar-refractivity contribution in [3.8, 4) is 22.8 Å². The molecular formula is C33H26N4O2. The number of aromatic nitrogens is 2. The van der Waals surface area contributed by atoms with Crippen LogP contribution in [0, 0.1) is 13.8 Å². The van der Waals surface area contributed by atoms with Crippen LogP contribution >= 0.6 is 0 Å². The number of aryl methyl sites for hydroxylation is 2. The van der Waals surface area contributed by atoms with Gasteiger partial charge >= 0.3 is 0 Å². The first-order chi connectivity index (χ1) is 19.0. The summed E-state index contributed by atoms with van der Waals surface area (Å²) in [7, 11) is 0. The van der Waals surface area contributed by atoms with Crippen molar-refractivity contribution < 1.29 is 9.90 Å². The number of benzene rings is 4. The Balaban J connectivity index is 1.56. The van der Waals surface area contributed by atoms with Gasteiger partial charge in [0.2, 0.25) is 5.88 Å². The maximum Gasteiger partial charge on any atom is 0.281 e. The van der Waals surface area contributed by atoms with Crippen LogP contribution in [0.4, 0.5) is 5.69 Å². The first-order valence-electron chi connectivity index (χ1n) is 12.7. The molecule has 2 heterocycles. The number of rotatable bonds is 5. The minimum atomic E-state index is -0.277. The molecule has 4 aromatic carbocycles. The van der Waals surface area contributed by atoms with Crippen LogP contribution in [0.15, 0.2) is 120 Å². The first kappa shape index (κ1) is 24.1. The molecule has 1 aliphatic heterocycles. The highest BCUT2D eigenvalue weighted by Gasteiger charge is 2.33. The number of hydrazone groups is 1. The molecule has 6 rings (SSSR count). The van der Waals surface area contributed by atoms with Crippen LogP contribution in [-0.4, -0.2) is 26.5 Å². The van der Waals surface area contributed by atoms with E-state index in [9.17, 15) is 9.90 Å². The van der Waals surface area contributed by atoms with Crippen LogP contribution in [-0.2, 0) is 4.79 Å². The quantitative estimate of drug-likeness (QED) is 0.268. The third-order valence-electron chi connectivity index (χ3n) is 6.65. The minimum absolute atomic E-state index is 0.0545. The van der Waals surface area contributed by atoms with E-state index < -0.39 is 0 Å². The fraction of sp³-hybridized carbons (Fsp3) is 0.0606. The maximum absolute atomic E-state index is 13.9. The lowest BCUT2D eigenvalue weighted by molar-refractivity contribution is -0.114. The number of carbonyl (C=O) groups excluding carboxylic acids is 1. The van der Waals surface area contributed by atoms with E-state index in [1.165, 1.54) is 9.69 Å². The van der Waals surface area contributed by atoms with Crippen molar-refractivity contribution in [1.82, 2.24) is 9.78 Å². The van der Waals surface area contributed by atoms with Crippen molar-refractivity contribution >= 4 is 23.4 Å². The van der Waals surface area contributed by atoms with Crippen LogP contribution in [0.3, 0.4) is 0 Å². The molecule has 0 spiro atoms. The fourth-order valence-corrected chi connectivity index (χ4v) is 4.74. The van der Waals surface area contributed by atoms with Gasteiger partial charge in [0.15, 0.2) is 0 Å². The van der Waals surface area contributed by atoms with Gasteiger partial charge in [-0.25, -0.2) is 4.68 Å². The smallest absolute Gasteiger partial charge is 0.281 e. The van der Waals surface area contributed by atoms with Gasteiger partial charge in [-0.2, -0.15) is 15.2 Å². The number of amides is 1. The van der Waals surface area contributed by atoms with E-state index in [0.717, 1.165) is 27.9 Å². The highest BCUT2D eigenvalue weighted by molar-refractivity contribution is 6.37. The lowest BCUT2D eigenvalue weighted by Crippen LogP contribution is -2.21. The van der Waals surface area contributed by atoms with E-state index in [1.807, 2.05) is 123 Å². The summed E-state index contributed by atoms with van der Waals surface area (Å²) in [6.07, 6.45) is 1.71. The second kappa shape index (κ2) is 9.91. The van der Waals surface area contributed by atoms with Crippen LogP contribution in [0.25, 0.3) is 23.0 Å². The standard InChI is InChI=1S/C33H26N4O2/c1-22-11-9-17-26(19-22)36-32(38)28(30(34-36)24-13-5-3-6-14-24)21-29-31(25-15-7-4-8-16-25)35-37(33(29)39)27-18-10-12-23(2)20-27/h3-21,38H,1-2H3/b29-21-. The van der Waals surface area contributed by atoms with Gasteiger partial charge in [0.1, 0.15) is 11.4 Å². The van der Waals surface area contributed by atoms with Gasteiger partial charge in [-0.05, 0) is 55.3 Å². The molecule has 0 radical (unpaired) electrons. The predicted molar refractivity (Wildman–Crippen MR) is 155 cm³/mol. The SMILES string of the molecule is Cc1cccc(N2N=C(c3ccccc3)/C(=C/c3c(-c4ccccc4)nn(-c4cccc(C)c4)c3O)C2=O)c1. The van der Waals surface area contributed by atoms with E-state index in [1.54, 1.807) is 6.08 Å². The molecule has 0 unspecified atom stereocenters. The molecule has 0 fully saturated rings. The molecule has 0 saturated heterocycles. The molecule has 6 nitrogen and oxygen atoms in total. The van der Waals surface area contributed by atoms with Crippen LogP contribution in [0.1, 0.15) is 22.3 Å². The van der Waals surface area contributed by atoms with Crippen molar-refractivity contribution in [2.45, 2.75) is 13.8 Å². The summed E-state index contributed by atoms with van der Waals surface area (Å²) in [5.74, 6) is -0.331. The predicted octanol–water partition coefficient (Wildman–Crippen LogP) is 6.70. The van der Waals surface area contributed by atoms with Gasteiger partial charge in [-0.3, -0.25) is 4.79 Å². The second-order valence-electron chi connectivity index (χ2n) is 9.53. The summed E-state index contributed by atoms with van der Waals surface area (Å²) >= 11 is 0. The molecule has 1 amide bonds. The molecule has 1 N–H and O–H groups in total. The van der Waals surface area contributed by atoms with Gasteiger partial charge in [0, 0.05) is 11.1 Å². The number of nitrogens with zero attached hydrogens (tertiary/aromatic N) is 4. The number of anilines is 1. The fourth-order valence-electron chi connectivity index (χ4n) is 4.74. The molecule has 1 aromatic heterocycles. The van der Waals surface area contributed by atoms with E-state index >= 15 is 0 Å². The first-order valence-corrected chi connectivity index (χ1v) is 12.7. The highest BCUT2D eigenvalue weighted by atomic mass is 16.3. The average Bonchev–Trinajstić information content (AvgIpc) is 3.46. The van der Waals surface area contributed by atoms with Crippen molar-refractivity contribution in [3.05, 3.63) is 137 Å². The van der Waals surface area contributed by atoms with Gasteiger partial charge in [0.05, 0.1) is 22.5 Å². The Bertz CT molecular complexity index is 1750. The minimum Gasteiger partial charge on any atom is -0.493 e. The van der Waals surface area contributed by atoms with E-state index in [2.05, 4.69) is 0 Å². The summed E-state index contributed by atoms with van der Waals surface area (Å²) in [5, 5.41) is 22.5. The molecule has 1 aliphatic rings. The maximum atomic E-state index is 13.9. The van der Waals surface area contributed by atoms with Crippen molar-refractivity contribution in [2.24, 2.45) is 5.10 Å². The molecule has 0 saturated carbocycles. The molecule has 0 bridgehead atoms. The van der Waals surface area contributed by atoms with E-state index in [-0.39, 0.29) is 11.8 Å². The Kier molecular flexibility index (Phi) is 6.13. The second-order valence-corrected chi connectivity index (χ2v) is 9.53. The Labute approximate surface area is 226 Å². The Hall–Kier alpha value is -5.23. The molecule has 6 heteroatoms. The molecule has 190 valence electrons. The zero-order valence-corrected chi connectivity index (χ0v) is 21.6. The zero-order valence-electron chi connectivity index (χ0n) is 21.6. The van der Waals surface area contributed by atoms with Gasteiger partial charge in [-0.15, -0.1) is 0 Å². The Morgan fingerprint density at radius 2 is 1.31 bits per heavy atom. The summed E-state index contributed by atoms with van der Waals surface area (Å²) < 4.78 is 1.51. The third kappa shape index (κ3) is 4.53.